The van der Waals surface area contributed by atoms with E-state index in [1.807, 2.05) is 6.92 Å². The summed E-state index contributed by atoms with van der Waals surface area (Å²) < 4.78 is 9.57. The Morgan fingerprint density at radius 3 is 1.67 bits per heavy atom. The molecule has 0 N–H and O–H groups in total. The third kappa shape index (κ3) is 6.33. The van der Waals surface area contributed by atoms with Gasteiger partial charge in [-0.15, -0.1) is 12.4 Å². The molecule has 0 heterocycles. The molecule has 0 radical (unpaired) electrons. The van der Waals surface area contributed by atoms with Gasteiger partial charge in [-0.05, 0) is 20.3 Å². The fourth-order valence-corrected chi connectivity index (χ4v) is 1.11. The van der Waals surface area contributed by atoms with Gasteiger partial charge in [0.1, 0.15) is 0 Å². The minimum Gasteiger partial charge on any atom is -0.465 e. The molecule has 0 aliphatic heterocycles. The lowest BCUT2D eigenvalue weighted by Crippen LogP contribution is -2.27. The van der Waals surface area contributed by atoms with Crippen molar-refractivity contribution in [2.24, 2.45) is 5.92 Å². The fourth-order valence-electron chi connectivity index (χ4n) is 1.11. The van der Waals surface area contributed by atoms with Crippen molar-refractivity contribution in [2.45, 2.75) is 33.6 Å². The first-order valence-corrected chi connectivity index (χ1v) is 5.00. The van der Waals surface area contributed by atoms with Crippen molar-refractivity contribution in [1.82, 2.24) is 0 Å². The number of hydrogen-bond donors (Lipinski definition) is 0. The van der Waals surface area contributed by atoms with E-state index in [9.17, 15) is 9.59 Å². The van der Waals surface area contributed by atoms with E-state index in [-0.39, 0.29) is 12.4 Å². The molecule has 0 bridgehead atoms. The molecule has 0 aliphatic carbocycles. The van der Waals surface area contributed by atoms with Gasteiger partial charge in [-0.2, -0.15) is 0 Å². The number of halogens is 1. The van der Waals surface area contributed by atoms with E-state index < -0.39 is 17.9 Å². The number of rotatable bonds is 6. The van der Waals surface area contributed by atoms with E-state index in [1.165, 1.54) is 0 Å². The van der Waals surface area contributed by atoms with E-state index in [4.69, 9.17) is 9.47 Å². The molecule has 0 fully saturated rings. The van der Waals surface area contributed by atoms with Crippen molar-refractivity contribution in [2.75, 3.05) is 13.2 Å². The van der Waals surface area contributed by atoms with Crippen LogP contribution in [0.5, 0.6) is 0 Å². The monoisotopic (exact) mass is 238 g/mol. The zero-order valence-electron chi connectivity index (χ0n) is 9.45. The smallest absolute Gasteiger partial charge is 0.320 e. The molecule has 0 aromatic carbocycles. The van der Waals surface area contributed by atoms with Crippen LogP contribution in [0.15, 0.2) is 0 Å². The van der Waals surface area contributed by atoms with Gasteiger partial charge in [0.25, 0.3) is 0 Å². The van der Waals surface area contributed by atoms with E-state index in [0.29, 0.717) is 19.6 Å². The Kier molecular flexibility index (Phi) is 10.8. The number of carbonyl (C=O) groups is 2. The lowest BCUT2D eigenvalue weighted by Gasteiger charge is -2.12. The SMILES string of the molecule is CCCC(C(=O)OCC)C(=O)OCC.Cl. The minimum atomic E-state index is -0.750. The van der Waals surface area contributed by atoms with Crippen LogP contribution in [0.25, 0.3) is 0 Å². The topological polar surface area (TPSA) is 52.6 Å². The summed E-state index contributed by atoms with van der Waals surface area (Å²) in [7, 11) is 0. The zero-order chi connectivity index (χ0) is 11.0. The third-order valence-corrected chi connectivity index (χ3v) is 1.72. The summed E-state index contributed by atoms with van der Waals surface area (Å²) in [6.45, 7) is 5.92. The highest BCUT2D eigenvalue weighted by atomic mass is 35.5. The molecule has 15 heavy (non-hydrogen) atoms. The van der Waals surface area contributed by atoms with E-state index >= 15 is 0 Å². The Labute approximate surface area is 96.7 Å². The minimum absolute atomic E-state index is 0. The molecule has 4 nitrogen and oxygen atoms in total. The Balaban J connectivity index is 0. The summed E-state index contributed by atoms with van der Waals surface area (Å²) in [4.78, 5) is 22.7. The van der Waals surface area contributed by atoms with Crippen LogP contribution in [0.3, 0.4) is 0 Å². The van der Waals surface area contributed by atoms with Crippen molar-refractivity contribution >= 4 is 24.3 Å². The van der Waals surface area contributed by atoms with Crippen molar-refractivity contribution in [3.8, 4) is 0 Å². The van der Waals surface area contributed by atoms with Gasteiger partial charge in [-0.3, -0.25) is 9.59 Å². The van der Waals surface area contributed by atoms with Crippen molar-refractivity contribution in [3.05, 3.63) is 0 Å². The molecule has 0 aliphatic rings. The van der Waals surface area contributed by atoms with E-state index in [2.05, 4.69) is 0 Å². The third-order valence-electron chi connectivity index (χ3n) is 1.72. The Bertz CT molecular complexity index is 176. The van der Waals surface area contributed by atoms with Crippen molar-refractivity contribution in [1.29, 1.82) is 0 Å². The summed E-state index contributed by atoms with van der Waals surface area (Å²) in [5.41, 5.74) is 0. The van der Waals surface area contributed by atoms with Crippen LogP contribution in [-0.2, 0) is 19.1 Å². The second-order valence-corrected chi connectivity index (χ2v) is 2.85. The quantitative estimate of drug-likeness (QED) is 0.524. The average Bonchev–Trinajstić information content (AvgIpc) is 2.14. The molecule has 0 spiro atoms. The molecule has 0 saturated carbocycles. The molecule has 0 aromatic heterocycles. The van der Waals surface area contributed by atoms with Crippen LogP contribution in [-0.4, -0.2) is 25.2 Å². The first kappa shape index (κ1) is 16.7. The number of hydrogen-bond acceptors (Lipinski definition) is 4. The molecule has 0 atom stereocenters. The Morgan fingerprint density at radius 1 is 1.00 bits per heavy atom. The largest absolute Gasteiger partial charge is 0.465 e. The molecule has 0 amide bonds. The van der Waals surface area contributed by atoms with Crippen molar-refractivity contribution in [3.63, 3.8) is 0 Å². The molecular formula is C10H19ClO4. The van der Waals surface area contributed by atoms with Gasteiger partial charge in [-0.25, -0.2) is 0 Å². The molecular weight excluding hydrogens is 220 g/mol. The molecule has 90 valence electrons. The maximum atomic E-state index is 11.3. The van der Waals surface area contributed by atoms with Crippen LogP contribution in [0.1, 0.15) is 33.6 Å². The maximum Gasteiger partial charge on any atom is 0.320 e. The highest BCUT2D eigenvalue weighted by molar-refractivity contribution is 5.94. The Hall–Kier alpha value is -0.770. The second kappa shape index (κ2) is 9.77. The highest BCUT2D eigenvalue weighted by Gasteiger charge is 2.28. The summed E-state index contributed by atoms with van der Waals surface area (Å²) in [5.74, 6) is -1.71. The fraction of sp³-hybridized carbons (Fsp3) is 0.800. The normalized spacial score (nSPS) is 9.33. The van der Waals surface area contributed by atoms with Gasteiger partial charge in [0.2, 0.25) is 0 Å². The van der Waals surface area contributed by atoms with Gasteiger partial charge in [-0.1, -0.05) is 13.3 Å². The second-order valence-electron chi connectivity index (χ2n) is 2.85. The van der Waals surface area contributed by atoms with Gasteiger partial charge in [0.05, 0.1) is 13.2 Å². The Morgan fingerprint density at radius 2 is 1.40 bits per heavy atom. The van der Waals surface area contributed by atoms with Crippen LogP contribution < -0.4 is 0 Å². The summed E-state index contributed by atoms with van der Waals surface area (Å²) in [6, 6.07) is 0. The van der Waals surface area contributed by atoms with Gasteiger partial charge in [0, 0.05) is 0 Å². The molecule has 0 aromatic rings. The van der Waals surface area contributed by atoms with Crippen LogP contribution in [0.4, 0.5) is 0 Å². The van der Waals surface area contributed by atoms with Crippen LogP contribution in [0.2, 0.25) is 0 Å². The predicted octanol–water partition coefficient (Wildman–Crippen LogP) is 1.95. The highest BCUT2D eigenvalue weighted by Crippen LogP contribution is 2.11. The maximum absolute atomic E-state index is 11.3. The van der Waals surface area contributed by atoms with Crippen molar-refractivity contribution < 1.29 is 19.1 Å². The summed E-state index contributed by atoms with van der Waals surface area (Å²) >= 11 is 0. The standard InChI is InChI=1S/C10H18O4.ClH/c1-4-7-8(9(11)13-5-2)10(12)14-6-3;/h8H,4-7H2,1-3H3;1H. The number of ether oxygens (including phenoxy) is 2. The van der Waals surface area contributed by atoms with Gasteiger partial charge >= 0.3 is 11.9 Å². The van der Waals surface area contributed by atoms with Gasteiger partial charge in [0.15, 0.2) is 5.92 Å². The first-order chi connectivity index (χ1) is 6.67. The molecule has 0 unspecified atom stereocenters. The molecule has 0 rings (SSSR count). The molecule has 0 saturated heterocycles. The van der Waals surface area contributed by atoms with Crippen LogP contribution in [0, 0.1) is 5.92 Å². The van der Waals surface area contributed by atoms with Gasteiger partial charge < -0.3 is 9.47 Å². The lowest BCUT2D eigenvalue weighted by atomic mass is 10.0. The zero-order valence-corrected chi connectivity index (χ0v) is 10.3. The number of esters is 2. The van der Waals surface area contributed by atoms with E-state index in [0.717, 1.165) is 6.42 Å². The number of carbonyl (C=O) groups excluding carboxylic acids is 2. The lowest BCUT2D eigenvalue weighted by molar-refractivity contribution is -0.161. The summed E-state index contributed by atoms with van der Waals surface area (Å²) in [5, 5.41) is 0. The van der Waals surface area contributed by atoms with E-state index in [1.54, 1.807) is 13.8 Å². The molecule has 5 heteroatoms. The average molecular weight is 239 g/mol. The predicted molar refractivity (Wildman–Crippen MR) is 58.9 cm³/mol. The van der Waals surface area contributed by atoms with Crippen LogP contribution >= 0.6 is 12.4 Å². The summed E-state index contributed by atoms with van der Waals surface area (Å²) in [6.07, 6.45) is 1.24. The first-order valence-electron chi connectivity index (χ1n) is 5.00.